The van der Waals surface area contributed by atoms with Gasteiger partial charge in [0.15, 0.2) is 0 Å². The molecule has 1 heterocycles. The Morgan fingerprint density at radius 3 is 2.25 bits per heavy atom. The molecule has 1 fully saturated rings. The summed E-state index contributed by atoms with van der Waals surface area (Å²) >= 11 is 0. The average Bonchev–Trinajstić information content (AvgIpc) is 3.20. The maximum absolute atomic E-state index is 12.9. The quantitative estimate of drug-likeness (QED) is 0.180. The van der Waals surface area contributed by atoms with Gasteiger partial charge in [0.25, 0.3) is 0 Å². The van der Waals surface area contributed by atoms with Crippen molar-refractivity contribution in [2.75, 3.05) is 13.1 Å². The predicted molar refractivity (Wildman–Crippen MR) is 114 cm³/mol. The van der Waals surface area contributed by atoms with Gasteiger partial charge < -0.3 is 37.2 Å². The number of nitrogens with two attached hydrogens (primary N) is 2. The second-order valence-corrected chi connectivity index (χ2v) is 8.31. The second-order valence-electron chi connectivity index (χ2n) is 8.31. The molecule has 0 bridgehead atoms. The summed E-state index contributed by atoms with van der Waals surface area (Å²) in [5.41, 5.74) is 11.3. The van der Waals surface area contributed by atoms with Crippen molar-refractivity contribution in [3.8, 4) is 0 Å². The van der Waals surface area contributed by atoms with E-state index in [0.29, 0.717) is 32.2 Å². The number of nitrogens with one attached hydrogen (secondary N) is 2. The van der Waals surface area contributed by atoms with Crippen molar-refractivity contribution in [3.05, 3.63) is 0 Å². The topological polar surface area (TPSA) is 205 Å². The van der Waals surface area contributed by atoms with Crippen LogP contribution in [-0.4, -0.2) is 82.0 Å². The maximum Gasteiger partial charge on any atom is 0.326 e. The van der Waals surface area contributed by atoms with Crippen LogP contribution in [0.3, 0.4) is 0 Å². The zero-order chi connectivity index (χ0) is 24.4. The fourth-order valence-corrected chi connectivity index (χ4v) is 3.56. The van der Waals surface area contributed by atoms with Gasteiger partial charge in [-0.3, -0.25) is 19.2 Å². The van der Waals surface area contributed by atoms with Crippen molar-refractivity contribution in [3.63, 3.8) is 0 Å². The maximum atomic E-state index is 12.9. The summed E-state index contributed by atoms with van der Waals surface area (Å²) < 4.78 is 0. The SMILES string of the molecule is CC(C)C(NC(=O)C(N)CCCCN)C(=O)NC(CC(=O)O)C(=O)N1CCCC1C(=O)O. The molecule has 0 aliphatic carbocycles. The zero-order valence-electron chi connectivity index (χ0n) is 18.6. The lowest BCUT2D eigenvalue weighted by Gasteiger charge is -2.29. The lowest BCUT2D eigenvalue weighted by molar-refractivity contribution is -0.150. The van der Waals surface area contributed by atoms with E-state index in [1.807, 2.05) is 0 Å². The molecule has 0 aromatic rings. The van der Waals surface area contributed by atoms with E-state index in [0.717, 1.165) is 4.90 Å². The van der Waals surface area contributed by atoms with E-state index in [-0.39, 0.29) is 18.9 Å². The first-order valence-corrected chi connectivity index (χ1v) is 10.8. The fraction of sp³-hybridized carbons (Fsp3) is 0.750. The summed E-state index contributed by atoms with van der Waals surface area (Å²) in [6.07, 6.45) is 1.75. The minimum Gasteiger partial charge on any atom is -0.481 e. The van der Waals surface area contributed by atoms with E-state index in [2.05, 4.69) is 10.6 Å². The Balaban J connectivity index is 2.91. The standard InChI is InChI=1S/C20H35N5O7/c1-11(2)16(24-17(28)12(22)6-3-4-8-21)18(29)23-13(10-15(26)27)19(30)25-9-5-7-14(25)20(31)32/h11-14,16H,3-10,21-22H2,1-2H3,(H,23,29)(H,24,28)(H,26,27)(H,31,32). The number of amides is 3. The van der Waals surface area contributed by atoms with E-state index in [1.165, 1.54) is 0 Å². The highest BCUT2D eigenvalue weighted by molar-refractivity contribution is 5.95. The lowest BCUT2D eigenvalue weighted by Crippen LogP contribution is -2.58. The van der Waals surface area contributed by atoms with E-state index >= 15 is 0 Å². The van der Waals surface area contributed by atoms with Crippen LogP contribution in [0.25, 0.3) is 0 Å². The van der Waals surface area contributed by atoms with Crippen molar-refractivity contribution in [1.29, 1.82) is 0 Å². The summed E-state index contributed by atoms with van der Waals surface area (Å²) in [4.78, 5) is 61.9. The average molecular weight is 458 g/mol. The number of hydrogen-bond acceptors (Lipinski definition) is 7. The molecular formula is C20H35N5O7. The Bertz CT molecular complexity index is 700. The summed E-state index contributed by atoms with van der Waals surface area (Å²) in [6.45, 7) is 3.99. The van der Waals surface area contributed by atoms with Crippen LogP contribution < -0.4 is 22.1 Å². The van der Waals surface area contributed by atoms with Crippen LogP contribution in [0.2, 0.25) is 0 Å². The Kier molecular flexibility index (Phi) is 11.1. The van der Waals surface area contributed by atoms with Crippen LogP contribution in [0.4, 0.5) is 0 Å². The molecule has 8 N–H and O–H groups in total. The second kappa shape index (κ2) is 13.0. The van der Waals surface area contributed by atoms with Crippen molar-refractivity contribution in [1.82, 2.24) is 15.5 Å². The first-order valence-electron chi connectivity index (χ1n) is 10.8. The van der Waals surface area contributed by atoms with Gasteiger partial charge in [0, 0.05) is 6.54 Å². The molecule has 32 heavy (non-hydrogen) atoms. The van der Waals surface area contributed by atoms with Crippen LogP contribution in [0.5, 0.6) is 0 Å². The Hall–Kier alpha value is -2.73. The third-order valence-corrected chi connectivity index (χ3v) is 5.37. The number of carboxylic acids is 2. The molecule has 1 aliphatic rings. The normalized spacial score (nSPS) is 18.7. The molecule has 1 saturated heterocycles. The van der Waals surface area contributed by atoms with Crippen molar-refractivity contribution in [2.45, 2.75) is 76.5 Å². The number of likely N-dealkylation sites (tertiary alicyclic amines) is 1. The van der Waals surface area contributed by atoms with Crippen LogP contribution in [0, 0.1) is 5.92 Å². The van der Waals surface area contributed by atoms with Gasteiger partial charge in [0.1, 0.15) is 18.1 Å². The lowest BCUT2D eigenvalue weighted by atomic mass is 10.0. The molecule has 0 aromatic heterocycles. The first-order chi connectivity index (χ1) is 15.0. The third-order valence-electron chi connectivity index (χ3n) is 5.37. The number of carbonyl (C=O) groups excluding carboxylic acids is 3. The molecule has 12 heteroatoms. The van der Waals surface area contributed by atoms with Crippen LogP contribution in [0.15, 0.2) is 0 Å². The van der Waals surface area contributed by atoms with E-state index in [1.54, 1.807) is 13.8 Å². The molecule has 3 amide bonds. The van der Waals surface area contributed by atoms with Gasteiger partial charge in [0.2, 0.25) is 17.7 Å². The van der Waals surface area contributed by atoms with E-state index in [9.17, 15) is 34.2 Å². The molecule has 182 valence electrons. The number of rotatable bonds is 13. The van der Waals surface area contributed by atoms with Gasteiger partial charge in [-0.25, -0.2) is 4.79 Å². The van der Waals surface area contributed by atoms with E-state index < -0.39 is 60.2 Å². The molecule has 4 unspecified atom stereocenters. The smallest absolute Gasteiger partial charge is 0.326 e. The minimum absolute atomic E-state index is 0.157. The Labute approximate surface area is 187 Å². The summed E-state index contributed by atoms with van der Waals surface area (Å²) in [7, 11) is 0. The van der Waals surface area contributed by atoms with Crippen molar-refractivity contribution < 1.29 is 34.2 Å². The van der Waals surface area contributed by atoms with Crippen LogP contribution in [-0.2, 0) is 24.0 Å². The highest BCUT2D eigenvalue weighted by atomic mass is 16.4. The van der Waals surface area contributed by atoms with Gasteiger partial charge >= 0.3 is 11.9 Å². The van der Waals surface area contributed by atoms with Crippen LogP contribution in [0.1, 0.15) is 52.4 Å². The molecule has 0 saturated carbocycles. The van der Waals surface area contributed by atoms with Gasteiger partial charge in [-0.1, -0.05) is 20.3 Å². The molecule has 0 spiro atoms. The number of aliphatic carboxylic acids is 2. The third kappa shape index (κ3) is 8.08. The Morgan fingerprint density at radius 1 is 1.06 bits per heavy atom. The monoisotopic (exact) mass is 457 g/mol. The molecule has 4 atom stereocenters. The van der Waals surface area contributed by atoms with Crippen molar-refractivity contribution in [2.24, 2.45) is 17.4 Å². The molecular weight excluding hydrogens is 422 g/mol. The highest BCUT2D eigenvalue weighted by Gasteiger charge is 2.39. The van der Waals surface area contributed by atoms with Gasteiger partial charge in [0.05, 0.1) is 12.5 Å². The van der Waals surface area contributed by atoms with E-state index in [4.69, 9.17) is 11.5 Å². The summed E-state index contributed by atoms with van der Waals surface area (Å²) in [5.74, 6) is -4.96. The highest BCUT2D eigenvalue weighted by Crippen LogP contribution is 2.19. The zero-order valence-corrected chi connectivity index (χ0v) is 18.6. The molecule has 0 radical (unpaired) electrons. The summed E-state index contributed by atoms with van der Waals surface area (Å²) in [5, 5.41) is 23.5. The fourth-order valence-electron chi connectivity index (χ4n) is 3.56. The number of nitrogens with zero attached hydrogens (tertiary/aromatic N) is 1. The van der Waals surface area contributed by atoms with Gasteiger partial charge in [-0.15, -0.1) is 0 Å². The predicted octanol–water partition coefficient (Wildman–Crippen LogP) is -1.38. The minimum atomic E-state index is -1.46. The van der Waals surface area contributed by atoms with Crippen molar-refractivity contribution >= 4 is 29.7 Å². The number of carbonyl (C=O) groups is 5. The largest absolute Gasteiger partial charge is 0.481 e. The number of unbranched alkanes of at least 4 members (excludes halogenated alkanes) is 1. The molecule has 1 aliphatic heterocycles. The number of carboxylic acid groups (broad SMARTS) is 2. The summed E-state index contributed by atoms with van der Waals surface area (Å²) in [6, 6.07) is -4.42. The molecule has 1 rings (SSSR count). The first kappa shape index (κ1) is 27.3. The number of hydrogen-bond donors (Lipinski definition) is 6. The van der Waals surface area contributed by atoms with Gasteiger partial charge in [-0.05, 0) is 38.1 Å². The van der Waals surface area contributed by atoms with Crippen LogP contribution >= 0.6 is 0 Å². The molecule has 12 nitrogen and oxygen atoms in total. The van der Waals surface area contributed by atoms with Gasteiger partial charge in [-0.2, -0.15) is 0 Å². The molecule has 0 aromatic carbocycles. The Morgan fingerprint density at radius 2 is 1.72 bits per heavy atom.